The van der Waals surface area contributed by atoms with E-state index in [1.54, 1.807) is 24.3 Å². The molecule has 0 radical (unpaired) electrons. The summed E-state index contributed by atoms with van der Waals surface area (Å²) in [4.78, 5) is 12.2. The van der Waals surface area contributed by atoms with Gasteiger partial charge in [0.05, 0.1) is 11.4 Å². The van der Waals surface area contributed by atoms with Crippen LogP contribution in [0.1, 0.15) is 0 Å². The van der Waals surface area contributed by atoms with E-state index in [9.17, 15) is 18.0 Å². The molecule has 0 saturated heterocycles. The number of alkyl halides is 3. The van der Waals surface area contributed by atoms with E-state index in [1.807, 2.05) is 0 Å². The lowest BCUT2D eigenvalue weighted by Crippen LogP contribution is -2.50. The quantitative estimate of drug-likeness (QED) is 0.842. The topological polar surface area (TPSA) is 58.4 Å². The fraction of sp³-hybridized carbons (Fsp3) is 0.364. The number of para-hydroxylation sites is 2. The molecular formula is C11H12F3N3O. The maximum atomic E-state index is 12.5. The second-order valence-corrected chi connectivity index (χ2v) is 4.11. The molecular weight excluding hydrogens is 247 g/mol. The zero-order valence-corrected chi connectivity index (χ0v) is 9.37. The molecule has 1 amide bonds. The van der Waals surface area contributed by atoms with Gasteiger partial charge in [-0.25, -0.2) is 0 Å². The molecule has 98 valence electrons. The van der Waals surface area contributed by atoms with Crippen LogP contribution in [0.4, 0.5) is 24.5 Å². The molecule has 1 unspecified atom stereocenters. The minimum Gasteiger partial charge on any atom is -0.371 e. The molecule has 2 rings (SSSR count). The van der Waals surface area contributed by atoms with Crippen molar-refractivity contribution < 1.29 is 18.0 Å². The number of carbonyl (C=O) groups is 1. The first-order valence-electron chi connectivity index (χ1n) is 5.33. The monoisotopic (exact) mass is 259 g/mol. The highest BCUT2D eigenvalue weighted by Crippen LogP contribution is 2.32. The van der Waals surface area contributed by atoms with Crippen LogP contribution in [-0.4, -0.2) is 31.2 Å². The van der Waals surface area contributed by atoms with Crippen LogP contribution >= 0.6 is 0 Å². The molecule has 18 heavy (non-hydrogen) atoms. The largest absolute Gasteiger partial charge is 0.405 e. The molecule has 1 aliphatic rings. The molecule has 0 fully saturated rings. The third-order valence-corrected chi connectivity index (χ3v) is 2.69. The molecule has 0 aliphatic carbocycles. The summed E-state index contributed by atoms with van der Waals surface area (Å²) in [6.07, 6.45) is -4.33. The normalized spacial score (nSPS) is 19.1. The van der Waals surface area contributed by atoms with Crippen molar-refractivity contribution in [1.29, 1.82) is 0 Å². The van der Waals surface area contributed by atoms with Crippen LogP contribution in [0.5, 0.6) is 0 Å². The van der Waals surface area contributed by atoms with Gasteiger partial charge in [-0.3, -0.25) is 4.79 Å². The summed E-state index contributed by atoms with van der Waals surface area (Å²) in [5, 5.41) is 2.83. The lowest BCUT2D eigenvalue weighted by atomic mass is 10.1. The van der Waals surface area contributed by atoms with E-state index in [2.05, 4.69) is 5.32 Å². The molecule has 1 aromatic rings. The van der Waals surface area contributed by atoms with E-state index in [-0.39, 0.29) is 6.54 Å². The third-order valence-electron chi connectivity index (χ3n) is 2.69. The first-order valence-corrected chi connectivity index (χ1v) is 5.33. The van der Waals surface area contributed by atoms with Crippen LogP contribution in [0.3, 0.4) is 0 Å². The molecule has 0 spiro atoms. The predicted molar refractivity (Wildman–Crippen MR) is 61.3 cm³/mol. The number of rotatable bonds is 2. The van der Waals surface area contributed by atoms with Crippen LogP contribution in [-0.2, 0) is 4.79 Å². The molecule has 0 bridgehead atoms. The van der Waals surface area contributed by atoms with Crippen molar-refractivity contribution in [3.8, 4) is 0 Å². The molecule has 4 nitrogen and oxygen atoms in total. The minimum absolute atomic E-state index is 0.0914. The predicted octanol–water partition coefficient (Wildman–Crippen LogP) is 1.33. The second kappa shape index (κ2) is 4.40. The van der Waals surface area contributed by atoms with Gasteiger partial charge >= 0.3 is 6.18 Å². The van der Waals surface area contributed by atoms with E-state index in [1.165, 1.54) is 0 Å². The second-order valence-electron chi connectivity index (χ2n) is 4.11. The summed E-state index contributed by atoms with van der Waals surface area (Å²) in [5.74, 6) is -0.670. The summed E-state index contributed by atoms with van der Waals surface area (Å²) in [5.41, 5.74) is 6.05. The van der Waals surface area contributed by atoms with Gasteiger partial charge in [0, 0.05) is 6.54 Å². The van der Waals surface area contributed by atoms with Gasteiger partial charge in [0.25, 0.3) is 0 Å². The van der Waals surface area contributed by atoms with Gasteiger partial charge in [-0.05, 0) is 12.1 Å². The number of nitrogens with one attached hydrogen (secondary N) is 1. The van der Waals surface area contributed by atoms with Crippen LogP contribution in [0.2, 0.25) is 0 Å². The van der Waals surface area contributed by atoms with Crippen LogP contribution in [0, 0.1) is 0 Å². The maximum Gasteiger partial charge on any atom is 0.405 e. The Bertz CT molecular complexity index is 461. The van der Waals surface area contributed by atoms with Gasteiger partial charge in [0.15, 0.2) is 0 Å². The Morgan fingerprint density at radius 2 is 2.11 bits per heavy atom. The fourth-order valence-electron chi connectivity index (χ4n) is 1.95. The maximum absolute atomic E-state index is 12.5. The van der Waals surface area contributed by atoms with Crippen molar-refractivity contribution in [3.05, 3.63) is 24.3 Å². The highest BCUT2D eigenvalue weighted by atomic mass is 19.4. The Hall–Kier alpha value is -1.92. The number of carbonyl (C=O) groups excluding carboxylic acids is 1. The van der Waals surface area contributed by atoms with Gasteiger partial charge in [0.2, 0.25) is 5.91 Å². The van der Waals surface area contributed by atoms with Gasteiger partial charge in [0.1, 0.15) is 12.6 Å². The number of benzene rings is 1. The number of fused-ring (bicyclic) bond motifs is 1. The number of hydrogen-bond donors (Lipinski definition) is 2. The van der Waals surface area contributed by atoms with Crippen molar-refractivity contribution in [2.24, 2.45) is 5.73 Å². The number of anilines is 2. The molecule has 1 atom stereocenters. The smallest absolute Gasteiger partial charge is 0.371 e. The zero-order chi connectivity index (χ0) is 13.3. The highest BCUT2D eigenvalue weighted by Gasteiger charge is 2.35. The SMILES string of the molecule is NC(=O)C1CN(CC(F)(F)F)c2ccccc2N1. The van der Waals surface area contributed by atoms with Crippen molar-refractivity contribution in [3.63, 3.8) is 0 Å². The zero-order valence-electron chi connectivity index (χ0n) is 9.37. The van der Waals surface area contributed by atoms with E-state index in [4.69, 9.17) is 5.73 Å². The molecule has 7 heteroatoms. The van der Waals surface area contributed by atoms with Crippen LogP contribution in [0.25, 0.3) is 0 Å². The van der Waals surface area contributed by atoms with Crippen molar-refractivity contribution in [2.45, 2.75) is 12.2 Å². The first kappa shape index (κ1) is 12.5. The first-order chi connectivity index (χ1) is 8.37. The minimum atomic E-state index is -4.33. The molecule has 0 saturated carbocycles. The lowest BCUT2D eigenvalue weighted by Gasteiger charge is -2.36. The summed E-state index contributed by atoms with van der Waals surface area (Å²) < 4.78 is 37.5. The van der Waals surface area contributed by atoms with E-state index in [0.717, 1.165) is 4.90 Å². The summed E-state index contributed by atoms with van der Waals surface area (Å²) in [7, 11) is 0. The lowest BCUT2D eigenvalue weighted by molar-refractivity contribution is -0.122. The van der Waals surface area contributed by atoms with Gasteiger partial charge in [-0.1, -0.05) is 12.1 Å². The van der Waals surface area contributed by atoms with Crippen molar-refractivity contribution in [1.82, 2.24) is 0 Å². The van der Waals surface area contributed by atoms with Gasteiger partial charge in [-0.2, -0.15) is 13.2 Å². The number of nitrogens with two attached hydrogens (primary N) is 1. The van der Waals surface area contributed by atoms with Gasteiger partial charge < -0.3 is 16.0 Å². The van der Waals surface area contributed by atoms with Crippen molar-refractivity contribution >= 4 is 17.3 Å². The summed E-state index contributed by atoms with van der Waals surface area (Å²) >= 11 is 0. The number of primary amides is 1. The van der Waals surface area contributed by atoms with Gasteiger partial charge in [-0.15, -0.1) is 0 Å². The Labute approximate surface area is 102 Å². The average Bonchev–Trinajstić information content (AvgIpc) is 2.26. The number of amides is 1. The van der Waals surface area contributed by atoms with E-state index in [0.29, 0.717) is 11.4 Å². The number of halogens is 3. The van der Waals surface area contributed by atoms with Crippen LogP contribution < -0.4 is 16.0 Å². The molecule has 1 heterocycles. The third kappa shape index (κ3) is 2.66. The standard InChI is InChI=1S/C11H12F3N3O/c12-11(13,14)6-17-5-8(10(15)18)16-7-3-1-2-4-9(7)17/h1-4,8,16H,5-6H2,(H2,15,18). The Morgan fingerprint density at radius 3 is 2.72 bits per heavy atom. The average molecular weight is 259 g/mol. The Kier molecular flexibility index (Phi) is 3.06. The number of hydrogen-bond acceptors (Lipinski definition) is 3. The van der Waals surface area contributed by atoms with E-state index < -0.39 is 24.7 Å². The molecule has 1 aromatic carbocycles. The summed E-state index contributed by atoms with van der Waals surface area (Å²) in [6, 6.07) is 5.71. The Morgan fingerprint density at radius 1 is 1.44 bits per heavy atom. The van der Waals surface area contributed by atoms with E-state index >= 15 is 0 Å². The molecule has 0 aromatic heterocycles. The highest BCUT2D eigenvalue weighted by molar-refractivity contribution is 5.87. The van der Waals surface area contributed by atoms with Crippen LogP contribution in [0.15, 0.2) is 24.3 Å². The Balaban J connectivity index is 2.30. The van der Waals surface area contributed by atoms with Crippen molar-refractivity contribution in [2.75, 3.05) is 23.3 Å². The summed E-state index contributed by atoms with van der Waals surface area (Å²) in [6.45, 7) is -1.19. The number of nitrogens with zero attached hydrogens (tertiary/aromatic N) is 1. The molecule has 3 N–H and O–H groups in total. The molecule has 1 aliphatic heterocycles. The fourth-order valence-corrected chi connectivity index (χ4v) is 1.95.